The fourth-order valence-electron chi connectivity index (χ4n) is 1.30. The van der Waals surface area contributed by atoms with Crippen LogP contribution in [0.1, 0.15) is 11.1 Å². The number of aryl methyl sites for hydroxylation is 1. The summed E-state index contributed by atoms with van der Waals surface area (Å²) >= 11 is 5.98. The largest absolute Gasteiger partial charge is 0.437 e. The van der Waals surface area contributed by atoms with Crippen LogP contribution in [0.15, 0.2) is 36.5 Å². The van der Waals surface area contributed by atoms with Crippen molar-refractivity contribution in [3.8, 4) is 17.7 Å². The predicted octanol–water partition coefficient (Wildman–Crippen LogP) is 3.71. The highest BCUT2D eigenvalue weighted by atomic mass is 35.5. The van der Waals surface area contributed by atoms with Gasteiger partial charge in [0, 0.05) is 6.20 Å². The molecule has 0 spiro atoms. The zero-order valence-electron chi connectivity index (χ0n) is 9.14. The number of halogens is 1. The second kappa shape index (κ2) is 4.86. The van der Waals surface area contributed by atoms with Crippen LogP contribution in [-0.2, 0) is 0 Å². The van der Waals surface area contributed by atoms with Gasteiger partial charge in [-0.05, 0) is 25.1 Å². The summed E-state index contributed by atoms with van der Waals surface area (Å²) in [5.41, 5.74) is 1.49. The van der Waals surface area contributed by atoms with E-state index in [4.69, 9.17) is 21.6 Å². The number of nitriles is 1. The van der Waals surface area contributed by atoms with E-state index in [-0.39, 0.29) is 10.9 Å². The van der Waals surface area contributed by atoms with Crippen molar-refractivity contribution >= 4 is 11.6 Å². The van der Waals surface area contributed by atoms with Crippen molar-refractivity contribution in [3.63, 3.8) is 0 Å². The fourth-order valence-corrected chi connectivity index (χ4v) is 1.49. The highest BCUT2D eigenvalue weighted by Gasteiger charge is 2.09. The number of ether oxygens (including phenoxy) is 1. The molecule has 3 nitrogen and oxygen atoms in total. The Balaban J connectivity index is 2.31. The molecule has 0 amide bonds. The van der Waals surface area contributed by atoms with E-state index in [1.807, 2.05) is 37.3 Å². The molecule has 0 radical (unpaired) electrons. The van der Waals surface area contributed by atoms with Crippen LogP contribution >= 0.6 is 11.6 Å². The minimum atomic E-state index is 0.232. The van der Waals surface area contributed by atoms with Crippen molar-refractivity contribution in [1.29, 1.82) is 5.26 Å². The van der Waals surface area contributed by atoms with Crippen LogP contribution in [0.2, 0.25) is 5.02 Å². The van der Waals surface area contributed by atoms with E-state index >= 15 is 0 Å². The van der Waals surface area contributed by atoms with Gasteiger partial charge in [0.2, 0.25) is 5.88 Å². The van der Waals surface area contributed by atoms with Gasteiger partial charge < -0.3 is 4.74 Å². The summed E-state index contributed by atoms with van der Waals surface area (Å²) < 4.78 is 5.51. The summed E-state index contributed by atoms with van der Waals surface area (Å²) in [7, 11) is 0. The molecule has 0 fully saturated rings. The molecule has 0 saturated carbocycles. The van der Waals surface area contributed by atoms with Crippen LogP contribution in [0.25, 0.3) is 0 Å². The van der Waals surface area contributed by atoms with E-state index < -0.39 is 0 Å². The van der Waals surface area contributed by atoms with E-state index in [1.165, 1.54) is 6.20 Å². The average molecular weight is 245 g/mol. The molecule has 0 atom stereocenters. The number of nitrogens with zero attached hydrogens (tertiary/aromatic N) is 2. The first-order valence-electron chi connectivity index (χ1n) is 5.00. The standard InChI is InChI=1S/C13H9ClN2O/c1-9-2-4-11(5-3-9)17-13-12(14)10(8-15)6-7-16-13/h2-7H,1H3. The van der Waals surface area contributed by atoms with Gasteiger partial charge in [0.05, 0.1) is 5.56 Å². The van der Waals surface area contributed by atoms with E-state index in [0.717, 1.165) is 5.56 Å². The van der Waals surface area contributed by atoms with Crippen LogP contribution in [0.3, 0.4) is 0 Å². The Kier molecular flexibility index (Phi) is 3.27. The van der Waals surface area contributed by atoms with Crippen LogP contribution in [0.5, 0.6) is 11.6 Å². The highest BCUT2D eigenvalue weighted by molar-refractivity contribution is 6.33. The lowest BCUT2D eigenvalue weighted by Gasteiger charge is -2.06. The number of hydrogen-bond donors (Lipinski definition) is 0. The summed E-state index contributed by atoms with van der Waals surface area (Å²) in [6.45, 7) is 1.99. The molecule has 1 aromatic heterocycles. The van der Waals surface area contributed by atoms with Gasteiger partial charge in [0.15, 0.2) is 0 Å². The smallest absolute Gasteiger partial charge is 0.239 e. The molecule has 2 rings (SSSR count). The van der Waals surface area contributed by atoms with Crippen LogP contribution in [0, 0.1) is 18.3 Å². The Bertz CT molecular complexity index is 573. The molecule has 4 heteroatoms. The number of aromatic nitrogens is 1. The van der Waals surface area contributed by atoms with Crippen molar-refractivity contribution in [1.82, 2.24) is 4.98 Å². The minimum absolute atomic E-state index is 0.232. The summed E-state index contributed by atoms with van der Waals surface area (Å²) in [5, 5.41) is 9.06. The number of hydrogen-bond acceptors (Lipinski definition) is 3. The number of rotatable bonds is 2. The van der Waals surface area contributed by atoms with Crippen molar-refractivity contribution < 1.29 is 4.74 Å². The molecule has 0 aliphatic rings. The summed E-state index contributed by atoms with van der Waals surface area (Å²) in [5.74, 6) is 0.884. The van der Waals surface area contributed by atoms with Crippen LogP contribution in [0.4, 0.5) is 0 Å². The Morgan fingerprint density at radius 3 is 2.59 bits per heavy atom. The highest BCUT2D eigenvalue weighted by Crippen LogP contribution is 2.29. The third-order valence-corrected chi connectivity index (χ3v) is 2.58. The minimum Gasteiger partial charge on any atom is -0.437 e. The zero-order valence-corrected chi connectivity index (χ0v) is 9.90. The van der Waals surface area contributed by atoms with Gasteiger partial charge in [0.25, 0.3) is 0 Å². The maximum absolute atomic E-state index is 8.83. The normalized spacial score (nSPS) is 9.71. The molecule has 0 aliphatic heterocycles. The third kappa shape index (κ3) is 2.55. The molecule has 84 valence electrons. The van der Waals surface area contributed by atoms with Gasteiger partial charge in [-0.25, -0.2) is 4.98 Å². The van der Waals surface area contributed by atoms with E-state index in [0.29, 0.717) is 11.3 Å². The van der Waals surface area contributed by atoms with Gasteiger partial charge in [-0.3, -0.25) is 0 Å². The molecule has 0 unspecified atom stereocenters. The Morgan fingerprint density at radius 1 is 1.24 bits per heavy atom. The molecule has 0 aliphatic carbocycles. The van der Waals surface area contributed by atoms with Crippen LogP contribution in [-0.4, -0.2) is 4.98 Å². The first-order chi connectivity index (χ1) is 8.20. The van der Waals surface area contributed by atoms with Crippen molar-refractivity contribution in [3.05, 3.63) is 52.7 Å². The maximum Gasteiger partial charge on any atom is 0.239 e. The van der Waals surface area contributed by atoms with E-state index in [9.17, 15) is 0 Å². The molecular weight excluding hydrogens is 236 g/mol. The maximum atomic E-state index is 8.83. The van der Waals surface area contributed by atoms with Gasteiger partial charge in [-0.2, -0.15) is 5.26 Å². The summed E-state index contributed by atoms with van der Waals surface area (Å²) in [6, 6.07) is 11.0. The van der Waals surface area contributed by atoms with E-state index in [1.54, 1.807) is 6.07 Å². The lowest BCUT2D eigenvalue weighted by Crippen LogP contribution is -1.90. The average Bonchev–Trinajstić information content (AvgIpc) is 2.35. The van der Waals surface area contributed by atoms with Crippen molar-refractivity contribution in [2.24, 2.45) is 0 Å². The summed E-state index contributed by atoms with van der Waals surface area (Å²) in [4.78, 5) is 4.00. The predicted molar refractivity (Wildman–Crippen MR) is 65.2 cm³/mol. The molecule has 17 heavy (non-hydrogen) atoms. The Hall–Kier alpha value is -2.05. The quantitative estimate of drug-likeness (QED) is 0.809. The Labute approximate surface area is 104 Å². The van der Waals surface area contributed by atoms with Crippen LogP contribution < -0.4 is 4.74 Å². The zero-order chi connectivity index (χ0) is 12.3. The molecule has 0 N–H and O–H groups in total. The lowest BCUT2D eigenvalue weighted by atomic mass is 10.2. The van der Waals surface area contributed by atoms with Crippen molar-refractivity contribution in [2.75, 3.05) is 0 Å². The first kappa shape index (κ1) is 11.4. The molecule has 0 bridgehead atoms. The fraction of sp³-hybridized carbons (Fsp3) is 0.0769. The number of benzene rings is 1. The van der Waals surface area contributed by atoms with Gasteiger partial charge in [0.1, 0.15) is 16.8 Å². The van der Waals surface area contributed by atoms with Crippen molar-refractivity contribution in [2.45, 2.75) is 6.92 Å². The van der Waals surface area contributed by atoms with Gasteiger partial charge in [-0.1, -0.05) is 29.3 Å². The SMILES string of the molecule is Cc1ccc(Oc2nccc(C#N)c2Cl)cc1. The second-order valence-electron chi connectivity index (χ2n) is 3.50. The molecule has 2 aromatic rings. The monoisotopic (exact) mass is 244 g/mol. The van der Waals surface area contributed by atoms with Gasteiger partial charge >= 0.3 is 0 Å². The molecule has 0 saturated heterocycles. The topological polar surface area (TPSA) is 45.9 Å². The Morgan fingerprint density at radius 2 is 1.94 bits per heavy atom. The van der Waals surface area contributed by atoms with E-state index in [2.05, 4.69) is 4.98 Å². The number of pyridine rings is 1. The molecular formula is C13H9ClN2O. The lowest BCUT2D eigenvalue weighted by molar-refractivity contribution is 0.463. The van der Waals surface area contributed by atoms with Gasteiger partial charge in [-0.15, -0.1) is 0 Å². The molecule has 1 heterocycles. The summed E-state index contributed by atoms with van der Waals surface area (Å²) in [6.07, 6.45) is 1.49. The third-order valence-electron chi connectivity index (χ3n) is 2.21. The molecule has 1 aromatic carbocycles. The first-order valence-corrected chi connectivity index (χ1v) is 5.37. The second-order valence-corrected chi connectivity index (χ2v) is 3.88.